The lowest BCUT2D eigenvalue weighted by molar-refractivity contribution is 0.102. The average Bonchev–Trinajstić information content (AvgIpc) is 3.23. The summed E-state index contributed by atoms with van der Waals surface area (Å²) in [5, 5.41) is 7.26. The molecule has 4 rings (SSSR count). The van der Waals surface area contributed by atoms with E-state index in [1.165, 1.54) is 37.9 Å². The second-order valence-electron chi connectivity index (χ2n) is 8.33. The summed E-state index contributed by atoms with van der Waals surface area (Å²) in [5.41, 5.74) is 4.71. The Labute approximate surface area is 183 Å². The van der Waals surface area contributed by atoms with Gasteiger partial charge in [-0.25, -0.2) is 4.68 Å². The van der Waals surface area contributed by atoms with E-state index in [4.69, 9.17) is 4.74 Å². The van der Waals surface area contributed by atoms with Crippen molar-refractivity contribution in [3.05, 3.63) is 77.1 Å². The number of nitrogens with zero attached hydrogens (tertiary/aromatic N) is 3. The van der Waals surface area contributed by atoms with E-state index in [0.29, 0.717) is 5.69 Å². The summed E-state index contributed by atoms with van der Waals surface area (Å²) in [5.74, 6) is 0.567. The third kappa shape index (κ3) is 5.95. The molecule has 0 atom stereocenters. The molecule has 1 amide bonds. The molecular formula is C25H30N4O2. The van der Waals surface area contributed by atoms with Crippen molar-refractivity contribution in [1.29, 1.82) is 0 Å². The molecular weight excluding hydrogens is 388 g/mol. The fourth-order valence-electron chi connectivity index (χ4n) is 3.98. The lowest BCUT2D eigenvalue weighted by Crippen LogP contribution is -2.29. The molecule has 1 aromatic heterocycles. The predicted octanol–water partition coefficient (Wildman–Crippen LogP) is 4.77. The van der Waals surface area contributed by atoms with Crippen molar-refractivity contribution in [1.82, 2.24) is 14.7 Å². The Morgan fingerprint density at radius 3 is 2.42 bits per heavy atom. The highest BCUT2D eigenvalue weighted by Crippen LogP contribution is 2.17. The van der Waals surface area contributed by atoms with Gasteiger partial charge in [0.25, 0.3) is 5.91 Å². The van der Waals surface area contributed by atoms with Crippen LogP contribution in [0, 0.1) is 13.8 Å². The Balaban J connectivity index is 1.30. The summed E-state index contributed by atoms with van der Waals surface area (Å²) in [7, 11) is 0. The smallest absolute Gasteiger partial charge is 0.276 e. The molecule has 6 nitrogen and oxygen atoms in total. The molecule has 1 fully saturated rings. The predicted molar refractivity (Wildman–Crippen MR) is 122 cm³/mol. The number of ether oxygens (including phenoxy) is 1. The van der Waals surface area contributed by atoms with E-state index >= 15 is 0 Å². The molecule has 0 saturated carbocycles. The Bertz CT molecular complexity index is 1000. The zero-order valence-electron chi connectivity index (χ0n) is 18.3. The minimum atomic E-state index is -0.228. The van der Waals surface area contributed by atoms with Crippen LogP contribution < -0.4 is 10.1 Å². The van der Waals surface area contributed by atoms with E-state index in [-0.39, 0.29) is 12.6 Å². The number of benzene rings is 2. The molecule has 2 aromatic carbocycles. The highest BCUT2D eigenvalue weighted by Gasteiger charge is 2.12. The summed E-state index contributed by atoms with van der Waals surface area (Å²) in [6.45, 7) is 7.65. The van der Waals surface area contributed by atoms with Crippen LogP contribution in [0.25, 0.3) is 0 Å². The van der Waals surface area contributed by atoms with Crippen molar-refractivity contribution in [2.75, 3.05) is 18.4 Å². The Kier molecular flexibility index (Phi) is 6.67. The van der Waals surface area contributed by atoms with Gasteiger partial charge in [-0.3, -0.25) is 9.69 Å². The maximum atomic E-state index is 12.6. The molecule has 1 aliphatic rings. The normalized spacial score (nSPS) is 14.4. The maximum absolute atomic E-state index is 12.6. The number of piperidine rings is 1. The molecule has 2 heterocycles. The van der Waals surface area contributed by atoms with Gasteiger partial charge in [-0.05, 0) is 86.8 Å². The highest BCUT2D eigenvalue weighted by atomic mass is 16.5. The van der Waals surface area contributed by atoms with Crippen LogP contribution in [0.1, 0.15) is 46.4 Å². The minimum Gasteiger partial charge on any atom is -0.471 e. The van der Waals surface area contributed by atoms with Gasteiger partial charge in [0.2, 0.25) is 0 Å². The van der Waals surface area contributed by atoms with E-state index in [9.17, 15) is 4.79 Å². The number of aryl methyl sites for hydroxylation is 2. The summed E-state index contributed by atoms with van der Waals surface area (Å²) in [4.78, 5) is 15.0. The zero-order valence-corrected chi connectivity index (χ0v) is 18.3. The quantitative estimate of drug-likeness (QED) is 0.600. The first-order chi connectivity index (χ1) is 15.0. The molecule has 3 aromatic rings. The molecule has 0 radical (unpaired) electrons. The standard InChI is InChI=1S/C25H30N4O2/c1-19-14-20(2)16-23(15-19)31-18-29-13-10-24(27-29)25(30)26-22-8-6-21(7-9-22)17-28-11-4-3-5-12-28/h6-10,13-16H,3-5,11-12,17-18H2,1-2H3,(H,26,30). The van der Waals surface area contributed by atoms with Crippen LogP contribution in [0.4, 0.5) is 5.69 Å². The van der Waals surface area contributed by atoms with Gasteiger partial charge in [-0.1, -0.05) is 24.6 Å². The second kappa shape index (κ2) is 9.79. The van der Waals surface area contributed by atoms with Gasteiger partial charge in [-0.2, -0.15) is 5.10 Å². The molecule has 0 aliphatic carbocycles. The molecule has 6 heteroatoms. The Morgan fingerprint density at radius 1 is 1.00 bits per heavy atom. The number of carbonyl (C=O) groups is 1. The van der Waals surface area contributed by atoms with Gasteiger partial charge in [-0.15, -0.1) is 0 Å². The summed E-state index contributed by atoms with van der Waals surface area (Å²) < 4.78 is 7.42. The first-order valence-corrected chi connectivity index (χ1v) is 10.9. The summed E-state index contributed by atoms with van der Waals surface area (Å²) >= 11 is 0. The van der Waals surface area contributed by atoms with Crippen LogP contribution in [0.3, 0.4) is 0 Å². The van der Waals surface area contributed by atoms with Gasteiger partial charge in [0.1, 0.15) is 5.75 Å². The first kappa shape index (κ1) is 21.1. The number of rotatable bonds is 7. The lowest BCUT2D eigenvalue weighted by atomic mass is 10.1. The molecule has 162 valence electrons. The van der Waals surface area contributed by atoms with Crippen LogP contribution >= 0.6 is 0 Å². The van der Waals surface area contributed by atoms with Crippen molar-refractivity contribution in [3.63, 3.8) is 0 Å². The lowest BCUT2D eigenvalue weighted by Gasteiger charge is -2.26. The largest absolute Gasteiger partial charge is 0.471 e. The number of nitrogens with one attached hydrogen (secondary N) is 1. The van der Waals surface area contributed by atoms with Gasteiger partial charge in [0, 0.05) is 18.4 Å². The first-order valence-electron chi connectivity index (χ1n) is 10.9. The van der Waals surface area contributed by atoms with Crippen LogP contribution in [0.2, 0.25) is 0 Å². The van der Waals surface area contributed by atoms with Crippen molar-refractivity contribution < 1.29 is 9.53 Å². The number of hydrogen-bond acceptors (Lipinski definition) is 4. The number of aromatic nitrogens is 2. The molecule has 1 saturated heterocycles. The van der Waals surface area contributed by atoms with E-state index in [1.807, 2.05) is 38.1 Å². The molecule has 1 N–H and O–H groups in total. The third-order valence-electron chi connectivity index (χ3n) is 5.50. The number of carbonyl (C=O) groups excluding carboxylic acids is 1. The van der Waals surface area contributed by atoms with Crippen LogP contribution in [-0.2, 0) is 13.3 Å². The van der Waals surface area contributed by atoms with Gasteiger partial charge >= 0.3 is 0 Å². The average molecular weight is 419 g/mol. The van der Waals surface area contributed by atoms with E-state index in [0.717, 1.165) is 29.1 Å². The number of hydrogen-bond donors (Lipinski definition) is 1. The fourth-order valence-corrected chi connectivity index (χ4v) is 3.98. The maximum Gasteiger partial charge on any atom is 0.276 e. The Morgan fingerprint density at radius 2 is 1.71 bits per heavy atom. The molecule has 1 aliphatic heterocycles. The van der Waals surface area contributed by atoms with Gasteiger partial charge < -0.3 is 10.1 Å². The monoisotopic (exact) mass is 418 g/mol. The van der Waals surface area contributed by atoms with Crippen molar-refractivity contribution in [2.24, 2.45) is 0 Å². The van der Waals surface area contributed by atoms with E-state index in [1.54, 1.807) is 16.9 Å². The minimum absolute atomic E-state index is 0.228. The zero-order chi connectivity index (χ0) is 21.6. The van der Waals surface area contributed by atoms with Crippen molar-refractivity contribution in [3.8, 4) is 5.75 Å². The highest BCUT2D eigenvalue weighted by molar-refractivity contribution is 6.02. The molecule has 31 heavy (non-hydrogen) atoms. The Hall–Kier alpha value is -3.12. The van der Waals surface area contributed by atoms with E-state index in [2.05, 4.69) is 33.5 Å². The van der Waals surface area contributed by atoms with Gasteiger partial charge in [0.15, 0.2) is 12.4 Å². The summed E-state index contributed by atoms with van der Waals surface area (Å²) in [6.07, 6.45) is 5.67. The topological polar surface area (TPSA) is 59.4 Å². The molecule has 0 bridgehead atoms. The SMILES string of the molecule is Cc1cc(C)cc(OCn2ccc(C(=O)Nc3ccc(CN4CCCCC4)cc3)n2)c1. The molecule has 0 spiro atoms. The van der Waals surface area contributed by atoms with E-state index < -0.39 is 0 Å². The third-order valence-corrected chi connectivity index (χ3v) is 5.50. The molecule has 0 unspecified atom stereocenters. The van der Waals surface area contributed by atoms with Crippen LogP contribution in [-0.4, -0.2) is 33.7 Å². The van der Waals surface area contributed by atoms with Crippen molar-refractivity contribution in [2.45, 2.75) is 46.4 Å². The fraction of sp³-hybridized carbons (Fsp3) is 0.360. The summed E-state index contributed by atoms with van der Waals surface area (Å²) in [6, 6.07) is 15.8. The van der Waals surface area contributed by atoms with Crippen LogP contribution in [0.15, 0.2) is 54.7 Å². The van der Waals surface area contributed by atoms with Gasteiger partial charge in [0.05, 0.1) is 0 Å². The second-order valence-corrected chi connectivity index (χ2v) is 8.33. The van der Waals surface area contributed by atoms with Crippen molar-refractivity contribution >= 4 is 11.6 Å². The van der Waals surface area contributed by atoms with Crippen LogP contribution in [0.5, 0.6) is 5.75 Å². The number of anilines is 1. The number of likely N-dealkylation sites (tertiary alicyclic amines) is 1. The number of amides is 1.